The molecular weight excluding hydrogens is 390 g/mol. The lowest BCUT2D eigenvalue weighted by molar-refractivity contribution is -0.141. The summed E-state index contributed by atoms with van der Waals surface area (Å²) in [4.78, 5) is 18.1. The molecule has 1 aromatic carbocycles. The molecule has 0 aliphatic rings. The fourth-order valence-corrected chi connectivity index (χ4v) is 3.12. The molecular formula is C20H19F4N3O2. The van der Waals surface area contributed by atoms with Gasteiger partial charge in [0.05, 0.1) is 22.3 Å². The Labute approximate surface area is 164 Å². The van der Waals surface area contributed by atoms with Crippen LogP contribution in [-0.2, 0) is 0 Å². The first kappa shape index (κ1) is 20.8. The van der Waals surface area contributed by atoms with Crippen LogP contribution in [0.4, 0.5) is 17.6 Å². The van der Waals surface area contributed by atoms with Gasteiger partial charge in [0.15, 0.2) is 0 Å². The van der Waals surface area contributed by atoms with E-state index in [1.54, 1.807) is 26.8 Å². The molecule has 0 saturated carbocycles. The third-order valence-corrected chi connectivity index (χ3v) is 4.24. The molecule has 3 rings (SSSR count). The highest BCUT2D eigenvalue weighted by atomic mass is 19.4. The van der Waals surface area contributed by atoms with E-state index in [2.05, 4.69) is 10.1 Å². The van der Waals surface area contributed by atoms with Gasteiger partial charge in [-0.15, -0.1) is 0 Å². The lowest BCUT2D eigenvalue weighted by Gasteiger charge is -2.26. The minimum absolute atomic E-state index is 0.0388. The van der Waals surface area contributed by atoms with Crippen molar-refractivity contribution in [2.75, 3.05) is 13.1 Å². The van der Waals surface area contributed by atoms with Gasteiger partial charge in [0.2, 0.25) is 0 Å². The van der Waals surface area contributed by atoms with Crippen molar-refractivity contribution in [1.29, 1.82) is 0 Å². The van der Waals surface area contributed by atoms with E-state index in [0.29, 0.717) is 5.69 Å². The first-order valence-electron chi connectivity index (χ1n) is 8.94. The summed E-state index contributed by atoms with van der Waals surface area (Å²) in [7, 11) is 0. The van der Waals surface area contributed by atoms with Gasteiger partial charge in [0, 0.05) is 12.1 Å². The lowest BCUT2D eigenvalue weighted by Crippen LogP contribution is -2.41. The zero-order valence-electron chi connectivity index (χ0n) is 16.0. The van der Waals surface area contributed by atoms with Crippen LogP contribution in [0.15, 0.2) is 34.9 Å². The highest BCUT2D eigenvalue weighted by molar-refractivity contribution is 6.07. The summed E-state index contributed by atoms with van der Waals surface area (Å²) in [6, 6.07) is 7.06. The van der Waals surface area contributed by atoms with E-state index < -0.39 is 24.4 Å². The van der Waals surface area contributed by atoms with E-state index in [1.807, 2.05) is 0 Å². The highest BCUT2D eigenvalue weighted by Crippen LogP contribution is 2.30. The van der Waals surface area contributed by atoms with Crippen LogP contribution in [0.5, 0.6) is 0 Å². The van der Waals surface area contributed by atoms with Gasteiger partial charge in [-0.1, -0.05) is 31.1 Å². The number of fused-ring (bicyclic) bond motifs is 1. The van der Waals surface area contributed by atoms with Crippen molar-refractivity contribution < 1.29 is 26.9 Å². The third-order valence-electron chi connectivity index (χ3n) is 4.24. The molecule has 2 heterocycles. The van der Waals surface area contributed by atoms with Crippen LogP contribution in [-0.4, -0.2) is 40.2 Å². The second-order valence-electron chi connectivity index (χ2n) is 7.18. The fourth-order valence-electron chi connectivity index (χ4n) is 3.12. The van der Waals surface area contributed by atoms with Gasteiger partial charge in [-0.25, -0.2) is 9.37 Å². The van der Waals surface area contributed by atoms with Crippen LogP contribution in [0.2, 0.25) is 0 Å². The molecule has 1 amide bonds. The molecule has 0 spiro atoms. The summed E-state index contributed by atoms with van der Waals surface area (Å²) in [6.07, 6.45) is -4.56. The summed E-state index contributed by atoms with van der Waals surface area (Å²) < 4.78 is 58.6. The van der Waals surface area contributed by atoms with Crippen LogP contribution in [0.3, 0.4) is 0 Å². The number of carbonyl (C=O) groups excluding carboxylic acids is 1. The number of aryl methyl sites for hydroxylation is 1. The second-order valence-corrected chi connectivity index (χ2v) is 7.18. The predicted molar refractivity (Wildman–Crippen MR) is 98.7 cm³/mol. The number of amides is 1. The quantitative estimate of drug-likeness (QED) is 0.557. The molecule has 0 atom stereocenters. The Balaban J connectivity index is 2.17. The van der Waals surface area contributed by atoms with E-state index >= 15 is 0 Å². The number of aromatic nitrogens is 2. The van der Waals surface area contributed by atoms with Gasteiger partial charge in [-0.2, -0.15) is 13.2 Å². The number of alkyl halides is 3. The average Bonchev–Trinajstić information content (AvgIpc) is 3.00. The second kappa shape index (κ2) is 7.81. The van der Waals surface area contributed by atoms with Crippen LogP contribution in [0, 0.1) is 18.7 Å². The van der Waals surface area contributed by atoms with Crippen LogP contribution in [0.25, 0.3) is 22.4 Å². The molecule has 29 heavy (non-hydrogen) atoms. The van der Waals surface area contributed by atoms with Crippen LogP contribution >= 0.6 is 0 Å². The standard InChI is InChI=1S/C20H19F4N3O2/c1-11(2)9-27(10-20(22,23)24)19(28)14-8-16(13-6-4-5-7-15(13)21)25-18-17(14)12(3)26-29-18/h4-8,11H,9-10H2,1-3H3. The summed E-state index contributed by atoms with van der Waals surface area (Å²) in [6.45, 7) is 3.50. The van der Waals surface area contributed by atoms with Crippen molar-refractivity contribution in [1.82, 2.24) is 15.0 Å². The number of hydrogen-bond acceptors (Lipinski definition) is 4. The summed E-state index contributed by atoms with van der Waals surface area (Å²) in [5.41, 5.74) is 0.391. The van der Waals surface area contributed by atoms with Crippen LogP contribution in [0.1, 0.15) is 29.9 Å². The largest absolute Gasteiger partial charge is 0.406 e. The molecule has 3 aromatic rings. The molecule has 0 saturated heterocycles. The molecule has 0 aliphatic carbocycles. The van der Waals surface area contributed by atoms with E-state index in [-0.39, 0.29) is 40.4 Å². The van der Waals surface area contributed by atoms with Crippen molar-refractivity contribution in [3.8, 4) is 11.3 Å². The van der Waals surface area contributed by atoms with Gasteiger partial charge in [0.1, 0.15) is 12.4 Å². The molecule has 9 heteroatoms. The lowest BCUT2D eigenvalue weighted by atomic mass is 10.0. The number of pyridine rings is 1. The van der Waals surface area contributed by atoms with Crippen LogP contribution < -0.4 is 0 Å². The number of nitrogens with zero attached hydrogens (tertiary/aromatic N) is 3. The minimum atomic E-state index is -4.56. The molecule has 5 nitrogen and oxygen atoms in total. The molecule has 0 unspecified atom stereocenters. The summed E-state index contributed by atoms with van der Waals surface area (Å²) in [5.74, 6) is -1.61. The smallest absolute Gasteiger partial charge is 0.335 e. The van der Waals surface area contributed by atoms with Gasteiger partial charge >= 0.3 is 6.18 Å². The van der Waals surface area contributed by atoms with Gasteiger partial charge in [-0.05, 0) is 31.0 Å². The maximum Gasteiger partial charge on any atom is 0.406 e. The molecule has 0 bridgehead atoms. The molecule has 154 valence electrons. The molecule has 0 radical (unpaired) electrons. The van der Waals surface area contributed by atoms with Crippen molar-refractivity contribution in [2.24, 2.45) is 5.92 Å². The van der Waals surface area contributed by atoms with E-state index in [1.165, 1.54) is 24.3 Å². The Morgan fingerprint density at radius 1 is 1.24 bits per heavy atom. The number of carbonyl (C=O) groups is 1. The zero-order valence-corrected chi connectivity index (χ0v) is 16.0. The Bertz CT molecular complexity index is 1040. The van der Waals surface area contributed by atoms with Gasteiger partial charge in [-0.3, -0.25) is 4.79 Å². The zero-order chi connectivity index (χ0) is 21.3. The summed E-state index contributed by atoms with van der Waals surface area (Å²) >= 11 is 0. The summed E-state index contributed by atoms with van der Waals surface area (Å²) in [5, 5.41) is 3.98. The number of halogens is 4. The first-order valence-corrected chi connectivity index (χ1v) is 8.94. The Morgan fingerprint density at radius 3 is 2.55 bits per heavy atom. The van der Waals surface area contributed by atoms with E-state index in [9.17, 15) is 22.4 Å². The topological polar surface area (TPSA) is 59.2 Å². The number of hydrogen-bond donors (Lipinski definition) is 0. The molecule has 0 fully saturated rings. The third kappa shape index (κ3) is 4.55. The molecule has 0 aliphatic heterocycles. The Hall–Kier alpha value is -2.97. The van der Waals surface area contributed by atoms with Crippen molar-refractivity contribution >= 4 is 17.0 Å². The fraction of sp³-hybridized carbons (Fsp3) is 0.350. The maximum absolute atomic E-state index is 14.2. The number of benzene rings is 1. The minimum Gasteiger partial charge on any atom is -0.335 e. The Morgan fingerprint density at radius 2 is 1.93 bits per heavy atom. The monoisotopic (exact) mass is 409 g/mol. The number of rotatable bonds is 5. The van der Waals surface area contributed by atoms with Crippen molar-refractivity contribution in [2.45, 2.75) is 26.9 Å². The normalized spacial score (nSPS) is 12.0. The molecule has 2 aromatic heterocycles. The predicted octanol–water partition coefficient (Wildman–Crippen LogP) is 5.00. The first-order chi connectivity index (χ1) is 13.6. The average molecular weight is 409 g/mol. The Kier molecular flexibility index (Phi) is 5.59. The van der Waals surface area contributed by atoms with E-state index in [4.69, 9.17) is 4.52 Å². The van der Waals surface area contributed by atoms with E-state index in [0.717, 1.165) is 4.90 Å². The van der Waals surface area contributed by atoms with Gasteiger partial charge in [0.25, 0.3) is 11.6 Å². The highest BCUT2D eigenvalue weighted by Gasteiger charge is 2.35. The maximum atomic E-state index is 14.2. The van der Waals surface area contributed by atoms with Crippen molar-refractivity contribution in [3.05, 3.63) is 47.4 Å². The molecule has 0 N–H and O–H groups in total. The van der Waals surface area contributed by atoms with Gasteiger partial charge < -0.3 is 9.42 Å². The van der Waals surface area contributed by atoms with Crippen molar-refractivity contribution in [3.63, 3.8) is 0 Å². The SMILES string of the molecule is Cc1noc2nc(-c3ccccc3F)cc(C(=O)N(CC(C)C)CC(F)(F)F)c12.